The highest BCUT2D eigenvalue weighted by molar-refractivity contribution is 6.30. The maximum absolute atomic E-state index is 12.7. The van der Waals surface area contributed by atoms with Gasteiger partial charge in [0, 0.05) is 33.2 Å². The van der Waals surface area contributed by atoms with E-state index in [1.807, 2.05) is 38.1 Å². The maximum Gasteiger partial charge on any atom is 0.262 e. The molecule has 1 atom stereocenters. The summed E-state index contributed by atoms with van der Waals surface area (Å²) in [6.45, 7) is 3.69. The van der Waals surface area contributed by atoms with Crippen LogP contribution in [0.25, 0.3) is 10.9 Å². The second-order valence-electron chi connectivity index (χ2n) is 7.63. The molecule has 1 aromatic heterocycles. The summed E-state index contributed by atoms with van der Waals surface area (Å²) in [5, 5.41) is 8.17. The molecule has 3 rings (SSSR count). The Kier molecular flexibility index (Phi) is 7.27. The van der Waals surface area contributed by atoms with Crippen LogP contribution in [-0.2, 0) is 16.1 Å². The summed E-state index contributed by atoms with van der Waals surface area (Å²) in [5.41, 5.74) is 9.76. The van der Waals surface area contributed by atoms with Crippen LogP contribution in [0.3, 0.4) is 0 Å². The Morgan fingerprint density at radius 1 is 1.12 bits per heavy atom. The molecule has 32 heavy (non-hydrogen) atoms. The fourth-order valence-electron chi connectivity index (χ4n) is 3.27. The largest absolute Gasteiger partial charge is 0.368 e. The first-order valence-corrected chi connectivity index (χ1v) is 10.4. The van der Waals surface area contributed by atoms with Gasteiger partial charge in [0.1, 0.15) is 12.6 Å². The van der Waals surface area contributed by atoms with E-state index >= 15 is 0 Å². The zero-order chi connectivity index (χ0) is 23.3. The number of carbonyl (C=O) groups is 3. The summed E-state index contributed by atoms with van der Waals surface area (Å²) in [6.07, 6.45) is 3.24. The van der Waals surface area contributed by atoms with Gasteiger partial charge in [-0.25, -0.2) is 5.43 Å². The molecule has 0 aliphatic carbocycles. The van der Waals surface area contributed by atoms with Crippen LogP contribution < -0.4 is 16.5 Å². The van der Waals surface area contributed by atoms with Crippen LogP contribution in [0.15, 0.2) is 59.8 Å². The molecule has 0 aliphatic rings. The first kappa shape index (κ1) is 23.0. The van der Waals surface area contributed by atoms with Gasteiger partial charge in [0.25, 0.3) is 11.8 Å². The van der Waals surface area contributed by atoms with Gasteiger partial charge in [0.2, 0.25) is 5.91 Å². The van der Waals surface area contributed by atoms with Crippen molar-refractivity contribution >= 4 is 46.4 Å². The SMILES string of the molecule is CC(C)C(NC(=O)c1ccc(Cl)cc1)C(=O)NN=Cc1cn(CC(N)=O)c2ccccc12. The summed E-state index contributed by atoms with van der Waals surface area (Å²) < 4.78 is 1.73. The van der Waals surface area contributed by atoms with Gasteiger partial charge in [-0.15, -0.1) is 0 Å². The van der Waals surface area contributed by atoms with Crippen LogP contribution in [0.1, 0.15) is 29.8 Å². The number of para-hydroxylation sites is 1. The fourth-order valence-corrected chi connectivity index (χ4v) is 3.40. The number of primary amides is 1. The number of fused-ring (bicyclic) bond motifs is 1. The van der Waals surface area contributed by atoms with E-state index in [4.69, 9.17) is 17.3 Å². The van der Waals surface area contributed by atoms with Crippen LogP contribution in [-0.4, -0.2) is 34.5 Å². The Morgan fingerprint density at radius 3 is 2.47 bits per heavy atom. The van der Waals surface area contributed by atoms with Crippen LogP contribution in [0.5, 0.6) is 0 Å². The minimum Gasteiger partial charge on any atom is -0.368 e. The third-order valence-electron chi connectivity index (χ3n) is 4.87. The van der Waals surface area contributed by atoms with Gasteiger partial charge in [-0.05, 0) is 36.2 Å². The number of rotatable bonds is 8. The standard InChI is InChI=1S/C23H24ClN5O3/c1-14(2)21(27-22(31)15-7-9-17(24)10-8-15)23(32)28-26-11-16-12-29(13-20(25)30)19-6-4-3-5-18(16)19/h3-12,14,21H,13H2,1-2H3,(H2,25,30)(H,27,31)(H,28,32). The second kappa shape index (κ2) is 10.1. The minimum atomic E-state index is -0.786. The Bertz CT molecular complexity index is 1170. The zero-order valence-corrected chi connectivity index (χ0v) is 18.5. The quantitative estimate of drug-likeness (QED) is 0.359. The summed E-state index contributed by atoms with van der Waals surface area (Å²) in [4.78, 5) is 36.5. The highest BCUT2D eigenvalue weighted by Gasteiger charge is 2.24. The van der Waals surface area contributed by atoms with Crippen molar-refractivity contribution < 1.29 is 14.4 Å². The molecule has 3 amide bonds. The van der Waals surface area contributed by atoms with E-state index in [0.29, 0.717) is 16.1 Å². The van der Waals surface area contributed by atoms with E-state index in [-0.39, 0.29) is 18.4 Å². The van der Waals surface area contributed by atoms with Crippen LogP contribution >= 0.6 is 11.6 Å². The molecule has 0 spiro atoms. The van der Waals surface area contributed by atoms with Gasteiger partial charge in [-0.2, -0.15) is 5.10 Å². The number of amides is 3. The molecule has 0 fully saturated rings. The molecule has 166 valence electrons. The highest BCUT2D eigenvalue weighted by atomic mass is 35.5. The van der Waals surface area contributed by atoms with E-state index < -0.39 is 17.9 Å². The monoisotopic (exact) mass is 453 g/mol. The first-order chi connectivity index (χ1) is 15.3. The smallest absolute Gasteiger partial charge is 0.262 e. The normalized spacial score (nSPS) is 12.2. The molecule has 3 aromatic rings. The van der Waals surface area contributed by atoms with E-state index in [9.17, 15) is 14.4 Å². The number of hydrazone groups is 1. The van der Waals surface area contributed by atoms with Crippen molar-refractivity contribution in [3.8, 4) is 0 Å². The number of aromatic nitrogens is 1. The van der Waals surface area contributed by atoms with E-state index in [1.54, 1.807) is 35.0 Å². The van der Waals surface area contributed by atoms with Crippen LogP contribution in [0.2, 0.25) is 5.02 Å². The molecule has 9 heteroatoms. The van der Waals surface area contributed by atoms with Gasteiger partial charge >= 0.3 is 0 Å². The van der Waals surface area contributed by atoms with Crippen molar-refractivity contribution in [1.29, 1.82) is 0 Å². The van der Waals surface area contributed by atoms with Crippen LogP contribution in [0, 0.1) is 5.92 Å². The molecule has 0 aliphatic heterocycles. The number of nitrogens with zero attached hydrogens (tertiary/aromatic N) is 2. The minimum absolute atomic E-state index is 0.0346. The molecule has 4 N–H and O–H groups in total. The van der Waals surface area contributed by atoms with E-state index in [0.717, 1.165) is 10.9 Å². The van der Waals surface area contributed by atoms with Gasteiger partial charge in [0.05, 0.1) is 6.21 Å². The number of nitrogens with one attached hydrogen (secondary N) is 2. The maximum atomic E-state index is 12.7. The summed E-state index contributed by atoms with van der Waals surface area (Å²) >= 11 is 5.86. The Labute approximate surface area is 190 Å². The Hall–Kier alpha value is -3.65. The average molecular weight is 454 g/mol. The number of hydrogen-bond acceptors (Lipinski definition) is 4. The first-order valence-electron chi connectivity index (χ1n) is 10.0. The lowest BCUT2D eigenvalue weighted by atomic mass is 10.0. The van der Waals surface area contributed by atoms with Crippen molar-refractivity contribution in [1.82, 2.24) is 15.3 Å². The summed E-state index contributed by atoms with van der Waals surface area (Å²) in [7, 11) is 0. The third-order valence-corrected chi connectivity index (χ3v) is 5.12. The third kappa shape index (κ3) is 5.53. The molecule has 0 bridgehead atoms. The topological polar surface area (TPSA) is 119 Å². The summed E-state index contributed by atoms with van der Waals surface area (Å²) in [5.74, 6) is -1.45. The Balaban J connectivity index is 1.72. The number of carbonyl (C=O) groups excluding carboxylic acids is 3. The number of nitrogens with two attached hydrogens (primary N) is 1. The van der Waals surface area contributed by atoms with Gasteiger partial charge in [-0.1, -0.05) is 43.6 Å². The molecule has 1 unspecified atom stereocenters. The molecule has 8 nitrogen and oxygen atoms in total. The fraction of sp³-hybridized carbons (Fsp3) is 0.217. The molecule has 1 heterocycles. The Morgan fingerprint density at radius 2 is 1.81 bits per heavy atom. The van der Waals surface area contributed by atoms with Crippen molar-refractivity contribution in [3.63, 3.8) is 0 Å². The lowest BCUT2D eigenvalue weighted by Gasteiger charge is -2.20. The molecule has 0 radical (unpaired) electrons. The van der Waals surface area contributed by atoms with Crippen LogP contribution in [0.4, 0.5) is 0 Å². The van der Waals surface area contributed by atoms with Gasteiger partial charge in [-0.3, -0.25) is 14.4 Å². The molecular weight excluding hydrogens is 430 g/mol. The lowest BCUT2D eigenvalue weighted by Crippen LogP contribution is -2.48. The highest BCUT2D eigenvalue weighted by Crippen LogP contribution is 2.20. The number of hydrogen-bond donors (Lipinski definition) is 3. The molecular formula is C23H24ClN5O3. The van der Waals surface area contributed by atoms with Crippen molar-refractivity contribution in [2.24, 2.45) is 16.8 Å². The molecule has 0 saturated carbocycles. The van der Waals surface area contributed by atoms with Crippen molar-refractivity contribution in [2.75, 3.05) is 0 Å². The second-order valence-corrected chi connectivity index (χ2v) is 8.07. The predicted molar refractivity (Wildman–Crippen MR) is 124 cm³/mol. The molecule has 2 aromatic carbocycles. The lowest BCUT2D eigenvalue weighted by molar-refractivity contribution is -0.124. The van der Waals surface area contributed by atoms with Gasteiger partial charge < -0.3 is 15.6 Å². The van der Waals surface area contributed by atoms with Crippen molar-refractivity contribution in [2.45, 2.75) is 26.4 Å². The average Bonchev–Trinajstić information content (AvgIpc) is 3.09. The van der Waals surface area contributed by atoms with Crippen molar-refractivity contribution in [3.05, 3.63) is 70.9 Å². The molecule has 0 saturated heterocycles. The summed E-state index contributed by atoms with van der Waals surface area (Å²) in [6, 6.07) is 13.1. The van der Waals surface area contributed by atoms with E-state index in [2.05, 4.69) is 15.8 Å². The zero-order valence-electron chi connectivity index (χ0n) is 17.7. The van der Waals surface area contributed by atoms with E-state index in [1.165, 1.54) is 6.21 Å². The number of halogens is 1. The van der Waals surface area contributed by atoms with Gasteiger partial charge in [0.15, 0.2) is 0 Å². The number of benzene rings is 2. The predicted octanol–water partition coefficient (Wildman–Crippen LogP) is 2.68.